The van der Waals surface area contributed by atoms with Crippen LogP contribution in [0.25, 0.3) is 0 Å². The molecule has 112 valence electrons. The molecular formula is C15H19FN4O. The Morgan fingerprint density at radius 2 is 2.05 bits per heavy atom. The van der Waals surface area contributed by atoms with Gasteiger partial charge in [-0.15, -0.1) is 0 Å². The number of halogens is 1. The van der Waals surface area contributed by atoms with Gasteiger partial charge < -0.3 is 10.6 Å². The van der Waals surface area contributed by atoms with Gasteiger partial charge in [0.05, 0.1) is 0 Å². The van der Waals surface area contributed by atoms with Crippen LogP contribution in [0.15, 0.2) is 36.5 Å². The van der Waals surface area contributed by atoms with Crippen LogP contribution in [0.3, 0.4) is 0 Å². The summed E-state index contributed by atoms with van der Waals surface area (Å²) in [7, 11) is 1.82. The van der Waals surface area contributed by atoms with Crippen LogP contribution < -0.4 is 10.6 Å². The molecule has 1 aromatic heterocycles. The predicted molar refractivity (Wildman–Crippen MR) is 79.4 cm³/mol. The van der Waals surface area contributed by atoms with Crippen molar-refractivity contribution in [2.24, 2.45) is 7.05 Å². The van der Waals surface area contributed by atoms with Gasteiger partial charge in [-0.3, -0.25) is 9.48 Å². The molecule has 1 aromatic carbocycles. The highest BCUT2D eigenvalue weighted by Gasteiger charge is 2.12. The highest BCUT2D eigenvalue weighted by Crippen LogP contribution is 2.04. The van der Waals surface area contributed by atoms with Crippen molar-refractivity contribution in [3.63, 3.8) is 0 Å². The van der Waals surface area contributed by atoms with Gasteiger partial charge in [-0.2, -0.15) is 5.10 Å². The van der Waals surface area contributed by atoms with E-state index in [1.165, 1.54) is 12.1 Å². The second-order valence-electron chi connectivity index (χ2n) is 4.91. The summed E-state index contributed by atoms with van der Waals surface area (Å²) in [5, 5.41) is 10.0. The number of rotatable bonds is 6. The van der Waals surface area contributed by atoms with Gasteiger partial charge in [-0.05, 0) is 31.0 Å². The maximum atomic E-state index is 12.8. The lowest BCUT2D eigenvalue weighted by atomic mass is 10.1. The van der Waals surface area contributed by atoms with Crippen LogP contribution in [-0.2, 0) is 18.3 Å². The van der Waals surface area contributed by atoms with Crippen molar-refractivity contribution >= 4 is 11.7 Å². The largest absolute Gasteiger partial charge is 0.357 e. The molecule has 0 radical (unpaired) electrons. The average molecular weight is 290 g/mol. The Bertz CT molecular complexity index is 594. The fraction of sp³-hybridized carbons (Fsp3) is 0.333. The first-order chi connectivity index (χ1) is 10.0. The molecule has 6 heteroatoms. The molecule has 0 aliphatic carbocycles. The van der Waals surface area contributed by atoms with Crippen LogP contribution in [0.1, 0.15) is 12.5 Å². The topological polar surface area (TPSA) is 59.0 Å². The molecule has 0 fully saturated rings. The summed E-state index contributed by atoms with van der Waals surface area (Å²) >= 11 is 0. The molecule has 2 rings (SSSR count). The number of carbonyl (C=O) groups is 1. The second-order valence-corrected chi connectivity index (χ2v) is 4.91. The molecule has 0 aliphatic heterocycles. The minimum absolute atomic E-state index is 0.0947. The first kappa shape index (κ1) is 15.0. The van der Waals surface area contributed by atoms with Crippen LogP contribution in [0.4, 0.5) is 10.2 Å². The number of hydrogen-bond donors (Lipinski definition) is 2. The van der Waals surface area contributed by atoms with E-state index < -0.39 is 0 Å². The van der Waals surface area contributed by atoms with E-state index in [2.05, 4.69) is 15.7 Å². The van der Waals surface area contributed by atoms with Crippen molar-refractivity contribution in [3.8, 4) is 0 Å². The highest BCUT2D eigenvalue weighted by atomic mass is 19.1. The number of hydrogen-bond acceptors (Lipinski definition) is 3. The fourth-order valence-electron chi connectivity index (χ4n) is 1.91. The lowest BCUT2D eigenvalue weighted by Gasteiger charge is -2.13. The third-order valence-corrected chi connectivity index (χ3v) is 3.10. The molecular weight excluding hydrogens is 271 g/mol. The Kier molecular flexibility index (Phi) is 4.92. The molecule has 1 unspecified atom stereocenters. The van der Waals surface area contributed by atoms with E-state index >= 15 is 0 Å². The van der Waals surface area contributed by atoms with Gasteiger partial charge in [0.1, 0.15) is 17.7 Å². The van der Waals surface area contributed by atoms with Gasteiger partial charge in [0.2, 0.25) is 5.91 Å². The maximum Gasteiger partial charge on any atom is 0.242 e. The molecule has 21 heavy (non-hydrogen) atoms. The van der Waals surface area contributed by atoms with Crippen LogP contribution >= 0.6 is 0 Å². The zero-order chi connectivity index (χ0) is 15.2. The Morgan fingerprint density at radius 3 is 2.67 bits per heavy atom. The van der Waals surface area contributed by atoms with Gasteiger partial charge >= 0.3 is 0 Å². The third kappa shape index (κ3) is 4.59. The molecule has 0 bridgehead atoms. The number of nitrogens with zero attached hydrogens (tertiary/aromatic N) is 2. The molecule has 2 aromatic rings. The molecule has 1 atom stereocenters. The monoisotopic (exact) mass is 290 g/mol. The molecule has 0 spiro atoms. The Hall–Kier alpha value is -2.37. The number of carbonyl (C=O) groups excluding carboxylic acids is 1. The number of nitrogens with one attached hydrogen (secondary N) is 2. The third-order valence-electron chi connectivity index (χ3n) is 3.10. The first-order valence-corrected chi connectivity index (χ1v) is 6.83. The van der Waals surface area contributed by atoms with Gasteiger partial charge in [-0.1, -0.05) is 12.1 Å². The zero-order valence-electron chi connectivity index (χ0n) is 12.1. The summed E-state index contributed by atoms with van der Waals surface area (Å²) in [4.78, 5) is 11.9. The summed E-state index contributed by atoms with van der Waals surface area (Å²) in [6.45, 7) is 2.29. The molecule has 0 saturated heterocycles. The minimum Gasteiger partial charge on any atom is -0.357 e. The van der Waals surface area contributed by atoms with Crippen molar-refractivity contribution in [1.29, 1.82) is 0 Å². The van der Waals surface area contributed by atoms with Crippen LogP contribution in [0.5, 0.6) is 0 Å². The van der Waals surface area contributed by atoms with Gasteiger partial charge in [0.25, 0.3) is 0 Å². The SMILES string of the molecule is CC(Nc1ccn(C)n1)C(=O)NCCc1ccc(F)cc1. The van der Waals surface area contributed by atoms with E-state index in [1.807, 2.05) is 19.3 Å². The quantitative estimate of drug-likeness (QED) is 0.851. The van der Waals surface area contributed by atoms with E-state index in [1.54, 1.807) is 23.7 Å². The van der Waals surface area contributed by atoms with Crippen molar-refractivity contribution in [3.05, 3.63) is 47.9 Å². The summed E-state index contributed by atoms with van der Waals surface area (Å²) in [6, 6.07) is 7.72. The second kappa shape index (κ2) is 6.88. The maximum absolute atomic E-state index is 12.8. The van der Waals surface area contributed by atoms with Gasteiger partial charge in [0.15, 0.2) is 0 Å². The summed E-state index contributed by atoms with van der Waals surface area (Å²) < 4.78 is 14.4. The standard InChI is InChI=1S/C15H19FN4O/c1-11(18-14-8-10-20(2)19-14)15(21)17-9-7-12-3-5-13(16)6-4-12/h3-6,8,10-11H,7,9H2,1-2H3,(H,17,21)(H,18,19). The van der Waals surface area contributed by atoms with E-state index in [0.29, 0.717) is 18.8 Å². The van der Waals surface area contributed by atoms with Crippen LogP contribution in [0.2, 0.25) is 0 Å². The van der Waals surface area contributed by atoms with Crippen LogP contribution in [0, 0.1) is 5.82 Å². The number of amides is 1. The van der Waals surface area contributed by atoms with Crippen molar-refractivity contribution in [2.45, 2.75) is 19.4 Å². The van der Waals surface area contributed by atoms with Gasteiger partial charge in [-0.25, -0.2) is 4.39 Å². The molecule has 0 saturated carbocycles. The van der Waals surface area contributed by atoms with Gasteiger partial charge in [0, 0.05) is 25.9 Å². The molecule has 1 amide bonds. The number of anilines is 1. The van der Waals surface area contributed by atoms with Crippen molar-refractivity contribution in [1.82, 2.24) is 15.1 Å². The van der Waals surface area contributed by atoms with E-state index in [-0.39, 0.29) is 17.8 Å². The van der Waals surface area contributed by atoms with Crippen molar-refractivity contribution in [2.75, 3.05) is 11.9 Å². The Morgan fingerprint density at radius 1 is 1.33 bits per heavy atom. The average Bonchev–Trinajstić information content (AvgIpc) is 2.86. The van der Waals surface area contributed by atoms with E-state index in [4.69, 9.17) is 0 Å². The number of aryl methyl sites for hydroxylation is 1. The van der Waals surface area contributed by atoms with E-state index in [0.717, 1.165) is 5.56 Å². The van der Waals surface area contributed by atoms with Crippen LogP contribution in [-0.4, -0.2) is 28.3 Å². The molecule has 2 N–H and O–H groups in total. The molecule has 5 nitrogen and oxygen atoms in total. The zero-order valence-corrected chi connectivity index (χ0v) is 12.1. The normalized spacial score (nSPS) is 12.0. The Balaban J connectivity index is 1.74. The number of aromatic nitrogens is 2. The lowest BCUT2D eigenvalue weighted by molar-refractivity contribution is -0.121. The fourth-order valence-corrected chi connectivity index (χ4v) is 1.91. The summed E-state index contributed by atoms with van der Waals surface area (Å²) in [5.74, 6) is 0.317. The molecule has 1 heterocycles. The molecule has 0 aliphatic rings. The van der Waals surface area contributed by atoms with Crippen molar-refractivity contribution < 1.29 is 9.18 Å². The minimum atomic E-state index is -0.367. The highest BCUT2D eigenvalue weighted by molar-refractivity contribution is 5.83. The smallest absolute Gasteiger partial charge is 0.242 e. The van der Waals surface area contributed by atoms with E-state index in [9.17, 15) is 9.18 Å². The summed E-state index contributed by atoms with van der Waals surface area (Å²) in [6.07, 6.45) is 2.48. The summed E-state index contributed by atoms with van der Waals surface area (Å²) in [5.41, 5.74) is 0.988. The first-order valence-electron chi connectivity index (χ1n) is 6.83. The Labute approximate surface area is 123 Å². The number of benzene rings is 1. The lowest BCUT2D eigenvalue weighted by Crippen LogP contribution is -2.38. The predicted octanol–water partition coefficient (Wildman–Crippen LogP) is 1.72.